The number of phenols is 1. The van der Waals surface area contributed by atoms with E-state index in [2.05, 4.69) is 11.4 Å². The Morgan fingerprint density at radius 1 is 1.40 bits per heavy atom. The quantitative estimate of drug-likeness (QED) is 0.707. The monoisotopic (exact) mass is 208 g/mol. The number of nitrogens with one attached hydrogen (secondary N) is 1. The molecule has 0 aliphatic heterocycles. The molecule has 1 unspecified atom stereocenters. The molecule has 83 valence electrons. The number of hydrogen-bond acceptors (Lipinski definition) is 3. The van der Waals surface area contributed by atoms with Gasteiger partial charge in [0, 0.05) is 18.2 Å². The standard InChI is InChI=1S/C12H18NO2/c1-12(2,3)13-8-11(15)9-4-6-10(14)7-5-9/h4-6,11,13-15H,8H2,1-3H3. The molecule has 0 aromatic heterocycles. The van der Waals surface area contributed by atoms with Gasteiger partial charge in [-0.1, -0.05) is 6.07 Å². The van der Waals surface area contributed by atoms with Crippen LogP contribution in [-0.4, -0.2) is 22.3 Å². The van der Waals surface area contributed by atoms with Crippen molar-refractivity contribution in [3.8, 4) is 5.75 Å². The van der Waals surface area contributed by atoms with Gasteiger partial charge in [-0.05, 0) is 38.5 Å². The van der Waals surface area contributed by atoms with Crippen LogP contribution in [-0.2, 0) is 0 Å². The zero-order valence-corrected chi connectivity index (χ0v) is 9.41. The first kappa shape index (κ1) is 12.0. The predicted molar refractivity (Wildman–Crippen MR) is 59.7 cm³/mol. The summed E-state index contributed by atoms with van der Waals surface area (Å²) in [5, 5.41) is 22.1. The van der Waals surface area contributed by atoms with Crippen molar-refractivity contribution in [2.45, 2.75) is 32.4 Å². The Labute approximate surface area is 90.8 Å². The van der Waals surface area contributed by atoms with Crippen LogP contribution in [0.1, 0.15) is 32.4 Å². The van der Waals surface area contributed by atoms with Gasteiger partial charge in [0.05, 0.1) is 6.10 Å². The van der Waals surface area contributed by atoms with Crippen LogP contribution in [0, 0.1) is 6.07 Å². The van der Waals surface area contributed by atoms with E-state index < -0.39 is 6.10 Å². The highest BCUT2D eigenvalue weighted by molar-refractivity contribution is 5.26. The second-order valence-corrected chi connectivity index (χ2v) is 4.65. The van der Waals surface area contributed by atoms with E-state index in [4.69, 9.17) is 5.11 Å². The average molecular weight is 208 g/mol. The number of aromatic hydroxyl groups is 1. The number of phenolic OH excluding ortho intramolecular Hbond substituents is 1. The molecule has 1 radical (unpaired) electrons. The van der Waals surface area contributed by atoms with Crippen LogP contribution in [0.4, 0.5) is 0 Å². The Morgan fingerprint density at radius 3 is 2.53 bits per heavy atom. The summed E-state index contributed by atoms with van der Waals surface area (Å²) < 4.78 is 0. The minimum absolute atomic E-state index is 0.0123. The van der Waals surface area contributed by atoms with Crippen molar-refractivity contribution < 1.29 is 10.2 Å². The second kappa shape index (κ2) is 4.64. The third kappa shape index (κ3) is 4.32. The Balaban J connectivity index is 2.54. The van der Waals surface area contributed by atoms with Crippen LogP contribution in [0.3, 0.4) is 0 Å². The lowest BCUT2D eigenvalue weighted by Crippen LogP contribution is -2.38. The summed E-state index contributed by atoms with van der Waals surface area (Å²) in [6.45, 7) is 6.62. The van der Waals surface area contributed by atoms with Gasteiger partial charge in [0.1, 0.15) is 5.75 Å². The molecule has 1 aromatic rings. The maximum absolute atomic E-state index is 9.81. The van der Waals surface area contributed by atoms with E-state index in [9.17, 15) is 5.11 Å². The van der Waals surface area contributed by atoms with Gasteiger partial charge in [0.2, 0.25) is 0 Å². The molecule has 0 spiro atoms. The Hall–Kier alpha value is -1.06. The van der Waals surface area contributed by atoms with Crippen molar-refractivity contribution in [1.82, 2.24) is 5.32 Å². The molecule has 1 atom stereocenters. The van der Waals surface area contributed by atoms with Crippen molar-refractivity contribution in [3.63, 3.8) is 0 Å². The van der Waals surface area contributed by atoms with Gasteiger partial charge in [-0.3, -0.25) is 0 Å². The number of benzene rings is 1. The SMILES string of the molecule is CC(C)(C)NCC(O)c1c[c]c(O)cc1. The average Bonchev–Trinajstić information content (AvgIpc) is 2.14. The maximum Gasteiger partial charge on any atom is 0.123 e. The third-order valence-electron chi connectivity index (χ3n) is 2.03. The first-order chi connectivity index (χ1) is 6.88. The number of aliphatic hydroxyl groups excluding tert-OH is 1. The summed E-state index contributed by atoms with van der Waals surface area (Å²) in [6.07, 6.45) is -0.568. The number of hydrogen-bond donors (Lipinski definition) is 3. The minimum atomic E-state index is -0.568. The van der Waals surface area contributed by atoms with Crippen LogP contribution >= 0.6 is 0 Å². The van der Waals surface area contributed by atoms with E-state index in [1.54, 1.807) is 12.1 Å². The maximum atomic E-state index is 9.81. The van der Waals surface area contributed by atoms with Crippen LogP contribution < -0.4 is 5.32 Å². The van der Waals surface area contributed by atoms with Gasteiger partial charge >= 0.3 is 0 Å². The van der Waals surface area contributed by atoms with E-state index in [0.717, 1.165) is 5.56 Å². The molecule has 0 saturated carbocycles. The highest BCUT2D eigenvalue weighted by atomic mass is 16.3. The highest BCUT2D eigenvalue weighted by Gasteiger charge is 2.13. The van der Waals surface area contributed by atoms with Crippen molar-refractivity contribution in [1.29, 1.82) is 0 Å². The Kier molecular flexibility index (Phi) is 3.72. The van der Waals surface area contributed by atoms with E-state index >= 15 is 0 Å². The molecule has 3 heteroatoms. The fraction of sp³-hybridized carbons (Fsp3) is 0.500. The number of aliphatic hydroxyl groups is 1. The van der Waals surface area contributed by atoms with Crippen molar-refractivity contribution in [2.24, 2.45) is 0 Å². The first-order valence-electron chi connectivity index (χ1n) is 5.02. The van der Waals surface area contributed by atoms with Crippen LogP contribution in [0.2, 0.25) is 0 Å². The first-order valence-corrected chi connectivity index (χ1v) is 5.02. The topological polar surface area (TPSA) is 52.5 Å². The van der Waals surface area contributed by atoms with Gasteiger partial charge in [-0.15, -0.1) is 0 Å². The number of β-amino-alcohol motifs (C(OH)–C–C–N with tert-alkyl or cyclic N) is 1. The van der Waals surface area contributed by atoms with E-state index in [1.807, 2.05) is 20.8 Å². The molecular formula is C12H18NO2. The zero-order chi connectivity index (χ0) is 11.5. The van der Waals surface area contributed by atoms with E-state index in [-0.39, 0.29) is 11.3 Å². The summed E-state index contributed by atoms with van der Waals surface area (Å²) in [6, 6.07) is 7.47. The number of rotatable bonds is 3. The fourth-order valence-corrected chi connectivity index (χ4v) is 1.16. The smallest absolute Gasteiger partial charge is 0.123 e. The fourth-order valence-electron chi connectivity index (χ4n) is 1.16. The molecule has 1 rings (SSSR count). The summed E-state index contributed by atoms with van der Waals surface area (Å²) >= 11 is 0. The minimum Gasteiger partial charge on any atom is -0.507 e. The normalized spacial score (nSPS) is 13.9. The van der Waals surface area contributed by atoms with Crippen molar-refractivity contribution >= 4 is 0 Å². The summed E-state index contributed by atoms with van der Waals surface area (Å²) in [7, 11) is 0. The van der Waals surface area contributed by atoms with Crippen LogP contribution in [0.15, 0.2) is 18.2 Å². The van der Waals surface area contributed by atoms with Crippen LogP contribution in [0.25, 0.3) is 0 Å². The molecule has 0 bridgehead atoms. The molecule has 0 aliphatic rings. The molecule has 0 saturated heterocycles. The molecule has 0 aliphatic carbocycles. The Bertz CT molecular complexity index is 300. The van der Waals surface area contributed by atoms with E-state index in [0.29, 0.717) is 6.54 Å². The molecule has 3 N–H and O–H groups in total. The second-order valence-electron chi connectivity index (χ2n) is 4.65. The molecule has 1 aromatic carbocycles. The van der Waals surface area contributed by atoms with Crippen LogP contribution in [0.5, 0.6) is 5.75 Å². The molecular weight excluding hydrogens is 190 g/mol. The summed E-state index contributed by atoms with van der Waals surface area (Å²) in [5.41, 5.74) is 0.742. The van der Waals surface area contributed by atoms with Gasteiger partial charge in [-0.25, -0.2) is 0 Å². The molecule has 15 heavy (non-hydrogen) atoms. The lowest BCUT2D eigenvalue weighted by molar-refractivity contribution is 0.163. The highest BCUT2D eigenvalue weighted by Crippen LogP contribution is 2.16. The van der Waals surface area contributed by atoms with Crippen molar-refractivity contribution in [3.05, 3.63) is 29.8 Å². The predicted octanol–water partition coefficient (Wildman–Crippen LogP) is 1.61. The third-order valence-corrected chi connectivity index (χ3v) is 2.03. The van der Waals surface area contributed by atoms with Gasteiger partial charge in [0.15, 0.2) is 0 Å². The lowest BCUT2D eigenvalue weighted by atomic mass is 10.1. The van der Waals surface area contributed by atoms with Gasteiger partial charge in [-0.2, -0.15) is 0 Å². The van der Waals surface area contributed by atoms with Gasteiger partial charge in [0.25, 0.3) is 0 Å². The molecule has 0 fully saturated rings. The largest absolute Gasteiger partial charge is 0.507 e. The van der Waals surface area contributed by atoms with E-state index in [1.165, 1.54) is 6.07 Å². The molecule has 0 heterocycles. The van der Waals surface area contributed by atoms with Gasteiger partial charge < -0.3 is 15.5 Å². The molecule has 3 nitrogen and oxygen atoms in total. The Morgan fingerprint density at radius 2 is 2.07 bits per heavy atom. The van der Waals surface area contributed by atoms with Crippen molar-refractivity contribution in [2.75, 3.05) is 6.54 Å². The zero-order valence-electron chi connectivity index (χ0n) is 9.41. The lowest BCUT2D eigenvalue weighted by Gasteiger charge is -2.23. The molecule has 0 amide bonds. The summed E-state index contributed by atoms with van der Waals surface area (Å²) in [4.78, 5) is 0. The summed E-state index contributed by atoms with van der Waals surface area (Å²) in [5.74, 6) is 0.0923.